The molecule has 0 aliphatic carbocycles. The topological polar surface area (TPSA) is 147 Å². The molecule has 204 valence electrons. The number of nitrogens with zero attached hydrogens (tertiary/aromatic N) is 5. The van der Waals surface area contributed by atoms with E-state index in [2.05, 4.69) is 25.8 Å². The van der Waals surface area contributed by atoms with E-state index >= 15 is 0 Å². The van der Waals surface area contributed by atoms with Crippen molar-refractivity contribution in [2.75, 3.05) is 18.5 Å². The Kier molecular flexibility index (Phi) is 8.28. The molecular weight excluding hydrogens is 490 g/mol. The van der Waals surface area contributed by atoms with Crippen LogP contribution in [-0.4, -0.2) is 60.9 Å². The Morgan fingerprint density at radius 2 is 2.00 bits per heavy atom. The van der Waals surface area contributed by atoms with E-state index < -0.39 is 11.7 Å². The second kappa shape index (κ2) is 11.6. The molecule has 1 atom stereocenters. The predicted octanol–water partition coefficient (Wildman–Crippen LogP) is 3.97. The summed E-state index contributed by atoms with van der Waals surface area (Å²) < 4.78 is 11.0. The number of H-pyrrole nitrogens is 1. The fraction of sp³-hybridized carbons (Fsp3) is 0.538. The van der Waals surface area contributed by atoms with E-state index in [4.69, 9.17) is 9.26 Å². The smallest absolute Gasteiger partial charge is 0.410 e. The van der Waals surface area contributed by atoms with Gasteiger partial charge in [-0.25, -0.2) is 9.89 Å². The zero-order valence-corrected chi connectivity index (χ0v) is 22.3. The first kappa shape index (κ1) is 27.1. The Hall–Kier alpha value is -3.96. The van der Waals surface area contributed by atoms with E-state index in [9.17, 15) is 14.4 Å². The highest BCUT2D eigenvalue weighted by molar-refractivity contribution is 5.91. The highest BCUT2D eigenvalue weighted by Crippen LogP contribution is 2.30. The predicted molar refractivity (Wildman–Crippen MR) is 140 cm³/mol. The molecule has 1 aliphatic rings. The van der Waals surface area contributed by atoms with Crippen molar-refractivity contribution >= 4 is 28.6 Å². The van der Waals surface area contributed by atoms with Crippen molar-refractivity contribution < 1.29 is 18.8 Å². The Morgan fingerprint density at radius 1 is 1.24 bits per heavy atom. The van der Waals surface area contributed by atoms with Crippen molar-refractivity contribution in [2.24, 2.45) is 0 Å². The average Bonchev–Trinajstić information content (AvgIpc) is 3.36. The molecule has 12 nitrogen and oxygen atoms in total. The fourth-order valence-electron chi connectivity index (χ4n) is 4.39. The van der Waals surface area contributed by atoms with Crippen molar-refractivity contribution in [1.29, 1.82) is 0 Å². The summed E-state index contributed by atoms with van der Waals surface area (Å²) in [7, 11) is 0. The minimum Gasteiger partial charge on any atom is -0.444 e. The maximum Gasteiger partial charge on any atom is 0.410 e. The molecule has 1 saturated heterocycles. The fourth-order valence-corrected chi connectivity index (χ4v) is 4.39. The van der Waals surface area contributed by atoms with Crippen LogP contribution in [0.2, 0.25) is 0 Å². The number of benzene rings is 1. The highest BCUT2D eigenvalue weighted by atomic mass is 16.6. The number of aromatic nitrogens is 4. The van der Waals surface area contributed by atoms with Crippen LogP contribution in [0.15, 0.2) is 33.6 Å². The third-order valence-corrected chi connectivity index (χ3v) is 6.15. The van der Waals surface area contributed by atoms with Crippen LogP contribution in [0.25, 0.3) is 10.8 Å². The van der Waals surface area contributed by atoms with Gasteiger partial charge in [-0.3, -0.25) is 24.9 Å². The van der Waals surface area contributed by atoms with Gasteiger partial charge in [0.15, 0.2) is 11.6 Å². The van der Waals surface area contributed by atoms with Gasteiger partial charge in [-0.2, -0.15) is 10.1 Å². The second-order valence-corrected chi connectivity index (χ2v) is 10.3. The average molecular weight is 526 g/mol. The van der Waals surface area contributed by atoms with Crippen LogP contribution in [0.4, 0.5) is 10.6 Å². The molecule has 1 aliphatic heterocycles. The first-order valence-electron chi connectivity index (χ1n) is 13.0. The van der Waals surface area contributed by atoms with Crippen LogP contribution in [0.1, 0.15) is 77.6 Å². The number of aromatic amines is 1. The summed E-state index contributed by atoms with van der Waals surface area (Å²) in [5, 5.41) is 13.3. The molecule has 2 N–H and O–H groups in total. The molecule has 0 spiro atoms. The van der Waals surface area contributed by atoms with Gasteiger partial charge in [-0.15, -0.1) is 0 Å². The summed E-state index contributed by atoms with van der Waals surface area (Å²) in [5.41, 5.74) is 2.16. The van der Waals surface area contributed by atoms with Crippen LogP contribution >= 0.6 is 0 Å². The standard InChI is InChI=1S/C26H35N7O5/c1-5-15-33(30-22-17-10-6-7-11-18(17)24(35)29-28-22)21(34)14-13-20-27-23(31-38-20)19-12-8-9-16-32(19)25(36)37-26(2,3)4/h6-7,10-11,19H,5,8-9,12-16H2,1-4H3,(H,28,30)(H,29,35). The molecule has 1 fully saturated rings. The van der Waals surface area contributed by atoms with Gasteiger partial charge in [0.25, 0.3) is 5.56 Å². The van der Waals surface area contributed by atoms with Gasteiger partial charge in [-0.05, 0) is 52.5 Å². The van der Waals surface area contributed by atoms with Crippen LogP contribution < -0.4 is 11.0 Å². The number of likely N-dealkylation sites (tertiary alicyclic amines) is 1. The molecule has 12 heteroatoms. The minimum atomic E-state index is -0.600. The summed E-state index contributed by atoms with van der Waals surface area (Å²) in [6, 6.07) is 6.74. The Balaban J connectivity index is 1.42. The van der Waals surface area contributed by atoms with Crippen molar-refractivity contribution in [3.8, 4) is 0 Å². The first-order valence-corrected chi connectivity index (χ1v) is 13.0. The van der Waals surface area contributed by atoms with Gasteiger partial charge in [-0.1, -0.05) is 30.3 Å². The summed E-state index contributed by atoms with van der Waals surface area (Å²) in [6.45, 7) is 8.47. The van der Waals surface area contributed by atoms with Gasteiger partial charge in [0, 0.05) is 31.3 Å². The molecule has 0 bridgehead atoms. The molecule has 1 unspecified atom stereocenters. The zero-order valence-electron chi connectivity index (χ0n) is 22.3. The number of ether oxygens (including phenoxy) is 1. The lowest BCUT2D eigenvalue weighted by Crippen LogP contribution is -2.42. The van der Waals surface area contributed by atoms with Gasteiger partial charge < -0.3 is 9.26 Å². The molecule has 0 saturated carbocycles. The van der Waals surface area contributed by atoms with E-state index in [1.807, 2.05) is 33.8 Å². The van der Waals surface area contributed by atoms with Crippen molar-refractivity contribution in [1.82, 2.24) is 30.2 Å². The molecule has 2 amide bonds. The molecule has 38 heavy (non-hydrogen) atoms. The lowest BCUT2D eigenvalue weighted by atomic mass is 10.0. The summed E-state index contributed by atoms with van der Waals surface area (Å²) >= 11 is 0. The monoisotopic (exact) mass is 525 g/mol. The number of hydrogen-bond acceptors (Lipinski definition) is 9. The molecule has 3 aromatic rings. The molecular formula is C26H35N7O5. The number of aryl methyl sites for hydroxylation is 1. The van der Waals surface area contributed by atoms with E-state index in [0.717, 1.165) is 12.8 Å². The number of hydrogen-bond donors (Lipinski definition) is 2. The molecule has 1 aromatic carbocycles. The number of fused-ring (bicyclic) bond motifs is 1. The Morgan fingerprint density at radius 3 is 2.74 bits per heavy atom. The number of rotatable bonds is 8. The minimum absolute atomic E-state index is 0.121. The van der Waals surface area contributed by atoms with Crippen molar-refractivity contribution in [2.45, 2.75) is 77.9 Å². The Labute approximate surface area is 220 Å². The second-order valence-electron chi connectivity index (χ2n) is 10.3. The van der Waals surface area contributed by atoms with Gasteiger partial charge >= 0.3 is 6.09 Å². The highest BCUT2D eigenvalue weighted by Gasteiger charge is 2.34. The van der Waals surface area contributed by atoms with Crippen LogP contribution in [0.3, 0.4) is 0 Å². The maximum atomic E-state index is 13.1. The van der Waals surface area contributed by atoms with E-state index in [1.165, 1.54) is 5.01 Å². The quantitative estimate of drug-likeness (QED) is 0.417. The third-order valence-electron chi connectivity index (χ3n) is 6.15. The van der Waals surface area contributed by atoms with Crippen molar-refractivity contribution in [3.05, 3.63) is 46.3 Å². The number of anilines is 1. The largest absolute Gasteiger partial charge is 0.444 e. The SMILES string of the molecule is CCCN(Nc1n[nH]c(=O)c2ccccc12)C(=O)CCc1nc(C2CCCCN2C(=O)OC(C)(C)C)no1. The van der Waals surface area contributed by atoms with Crippen LogP contribution in [0, 0.1) is 0 Å². The van der Waals surface area contributed by atoms with Gasteiger partial charge in [0.1, 0.15) is 5.60 Å². The van der Waals surface area contributed by atoms with E-state index in [0.29, 0.717) is 54.2 Å². The Bertz CT molecular complexity index is 1330. The molecule has 2 aromatic heterocycles. The van der Waals surface area contributed by atoms with Gasteiger partial charge in [0.2, 0.25) is 11.8 Å². The first-order chi connectivity index (χ1) is 18.2. The van der Waals surface area contributed by atoms with E-state index in [1.54, 1.807) is 23.1 Å². The third kappa shape index (κ3) is 6.48. The number of piperidine rings is 1. The number of carbonyl (C=O) groups excluding carboxylic acids is 2. The zero-order chi connectivity index (χ0) is 27.3. The number of amides is 2. The summed E-state index contributed by atoms with van der Waals surface area (Å²) in [5.74, 6) is 0.955. The maximum absolute atomic E-state index is 13.1. The van der Waals surface area contributed by atoms with Gasteiger partial charge in [0.05, 0.1) is 11.4 Å². The van der Waals surface area contributed by atoms with Crippen LogP contribution in [0.5, 0.6) is 0 Å². The number of nitrogens with one attached hydrogen (secondary N) is 2. The molecule has 4 rings (SSSR count). The summed E-state index contributed by atoms with van der Waals surface area (Å²) in [6.07, 6.45) is 3.22. The van der Waals surface area contributed by atoms with Crippen molar-refractivity contribution in [3.63, 3.8) is 0 Å². The summed E-state index contributed by atoms with van der Waals surface area (Å²) in [4.78, 5) is 44.1. The number of carbonyl (C=O) groups is 2. The lowest BCUT2D eigenvalue weighted by molar-refractivity contribution is -0.130. The van der Waals surface area contributed by atoms with E-state index in [-0.39, 0.29) is 30.3 Å². The molecule has 0 radical (unpaired) electrons. The lowest BCUT2D eigenvalue weighted by Gasteiger charge is -2.35. The normalized spacial score (nSPS) is 15.9. The number of hydrazine groups is 1. The van der Waals surface area contributed by atoms with Crippen LogP contribution in [-0.2, 0) is 16.0 Å². The molecule has 3 heterocycles.